The minimum Gasteiger partial charge on any atom is -0.497 e. The predicted octanol–water partition coefficient (Wildman–Crippen LogP) is 1.41. The number of benzene rings is 1. The van der Waals surface area contributed by atoms with Crippen molar-refractivity contribution in [1.82, 2.24) is 10.2 Å². The number of amides is 1. The highest BCUT2D eigenvalue weighted by atomic mass is 16.5. The number of hydrogen-bond acceptors (Lipinski definition) is 3. The van der Waals surface area contributed by atoms with Crippen LogP contribution in [-0.4, -0.2) is 37.6 Å². The molecule has 1 N–H and O–H groups in total. The van der Waals surface area contributed by atoms with E-state index in [4.69, 9.17) is 4.74 Å². The van der Waals surface area contributed by atoms with E-state index in [-0.39, 0.29) is 5.91 Å². The largest absolute Gasteiger partial charge is 0.497 e. The Morgan fingerprint density at radius 1 is 1.39 bits per heavy atom. The van der Waals surface area contributed by atoms with E-state index < -0.39 is 0 Å². The third-order valence-electron chi connectivity index (χ3n) is 3.23. The van der Waals surface area contributed by atoms with Gasteiger partial charge in [0.05, 0.1) is 13.7 Å². The van der Waals surface area contributed by atoms with Gasteiger partial charge in [0.25, 0.3) is 0 Å². The van der Waals surface area contributed by atoms with E-state index in [0.717, 1.165) is 12.3 Å². The van der Waals surface area contributed by atoms with Crippen molar-refractivity contribution in [2.75, 3.05) is 20.7 Å². The molecule has 0 bridgehead atoms. The number of rotatable bonds is 6. The lowest BCUT2D eigenvalue weighted by Gasteiger charge is -2.21. The molecule has 1 aromatic carbocycles. The molecule has 4 heteroatoms. The van der Waals surface area contributed by atoms with Gasteiger partial charge in [-0.15, -0.1) is 0 Å². The maximum Gasteiger partial charge on any atom is 0.233 e. The number of methoxy groups -OCH3 is 1. The summed E-state index contributed by atoms with van der Waals surface area (Å²) in [6.45, 7) is 1.30. The van der Waals surface area contributed by atoms with Crippen molar-refractivity contribution in [2.45, 2.75) is 25.4 Å². The lowest BCUT2D eigenvalue weighted by Crippen LogP contribution is -2.36. The molecule has 1 saturated carbocycles. The van der Waals surface area contributed by atoms with Crippen LogP contribution in [0.3, 0.4) is 0 Å². The van der Waals surface area contributed by atoms with E-state index in [0.29, 0.717) is 12.6 Å². The van der Waals surface area contributed by atoms with Gasteiger partial charge >= 0.3 is 0 Å². The van der Waals surface area contributed by atoms with Gasteiger partial charge in [-0.05, 0) is 30.5 Å². The summed E-state index contributed by atoms with van der Waals surface area (Å²) in [5, 5.41) is 2.68. The molecule has 1 amide bonds. The number of carbonyl (C=O) groups is 1. The van der Waals surface area contributed by atoms with Crippen LogP contribution in [0.2, 0.25) is 0 Å². The van der Waals surface area contributed by atoms with Crippen LogP contribution in [0.1, 0.15) is 18.4 Å². The van der Waals surface area contributed by atoms with Crippen molar-refractivity contribution in [2.24, 2.45) is 0 Å². The van der Waals surface area contributed by atoms with E-state index in [1.165, 1.54) is 18.4 Å². The minimum atomic E-state index is 0.0791. The zero-order valence-electron chi connectivity index (χ0n) is 11.0. The standard InChI is InChI=1S/C14H20N2O2/c1-15-14(17)10-16(12-5-6-12)9-11-3-7-13(18-2)8-4-11/h3-4,7-8,12H,5-6,9-10H2,1-2H3,(H,15,17). The molecule has 0 unspecified atom stereocenters. The summed E-state index contributed by atoms with van der Waals surface area (Å²) in [6.07, 6.45) is 2.40. The summed E-state index contributed by atoms with van der Waals surface area (Å²) in [7, 11) is 3.35. The summed E-state index contributed by atoms with van der Waals surface area (Å²) in [5.41, 5.74) is 1.21. The maximum absolute atomic E-state index is 11.5. The second-order valence-corrected chi connectivity index (χ2v) is 4.66. The molecule has 0 radical (unpaired) electrons. The first-order valence-electron chi connectivity index (χ1n) is 6.30. The molecule has 1 aromatic rings. The van der Waals surface area contributed by atoms with Gasteiger partial charge in [0, 0.05) is 19.6 Å². The highest BCUT2D eigenvalue weighted by Crippen LogP contribution is 2.28. The molecule has 0 spiro atoms. The van der Waals surface area contributed by atoms with Crippen molar-refractivity contribution >= 4 is 5.91 Å². The molecule has 0 saturated heterocycles. The SMILES string of the molecule is CNC(=O)CN(Cc1ccc(OC)cc1)C1CC1. The third kappa shape index (κ3) is 3.47. The van der Waals surface area contributed by atoms with Crippen LogP contribution < -0.4 is 10.1 Å². The number of ether oxygens (including phenoxy) is 1. The molecule has 0 aliphatic heterocycles. The Morgan fingerprint density at radius 3 is 2.56 bits per heavy atom. The normalized spacial score (nSPS) is 14.6. The Hall–Kier alpha value is -1.55. The second-order valence-electron chi connectivity index (χ2n) is 4.66. The lowest BCUT2D eigenvalue weighted by molar-refractivity contribution is -0.122. The van der Waals surface area contributed by atoms with Gasteiger partial charge in [-0.2, -0.15) is 0 Å². The Balaban J connectivity index is 1.96. The molecule has 1 fully saturated rings. The first kappa shape index (κ1) is 12.9. The summed E-state index contributed by atoms with van der Waals surface area (Å²) in [6, 6.07) is 8.60. The Bertz CT molecular complexity index is 399. The Morgan fingerprint density at radius 2 is 2.06 bits per heavy atom. The fourth-order valence-corrected chi connectivity index (χ4v) is 1.98. The van der Waals surface area contributed by atoms with Crippen molar-refractivity contribution < 1.29 is 9.53 Å². The fraction of sp³-hybridized carbons (Fsp3) is 0.500. The summed E-state index contributed by atoms with van der Waals surface area (Å²) in [5.74, 6) is 0.943. The van der Waals surface area contributed by atoms with Crippen LogP contribution in [0.25, 0.3) is 0 Å². The minimum absolute atomic E-state index is 0.0791. The fourth-order valence-electron chi connectivity index (χ4n) is 1.98. The van der Waals surface area contributed by atoms with Gasteiger partial charge in [-0.25, -0.2) is 0 Å². The predicted molar refractivity (Wildman–Crippen MR) is 70.5 cm³/mol. The van der Waals surface area contributed by atoms with Crippen molar-refractivity contribution in [3.8, 4) is 5.75 Å². The average Bonchev–Trinajstić information content (AvgIpc) is 3.23. The third-order valence-corrected chi connectivity index (χ3v) is 3.23. The van der Waals surface area contributed by atoms with Crippen LogP contribution in [-0.2, 0) is 11.3 Å². The Kier molecular flexibility index (Phi) is 4.20. The number of likely N-dealkylation sites (N-methyl/N-ethyl adjacent to an activating group) is 1. The molecule has 98 valence electrons. The molecular formula is C14H20N2O2. The number of nitrogens with one attached hydrogen (secondary N) is 1. The number of nitrogens with zero attached hydrogens (tertiary/aromatic N) is 1. The van der Waals surface area contributed by atoms with Gasteiger partial charge in [0.1, 0.15) is 5.75 Å². The first-order valence-corrected chi connectivity index (χ1v) is 6.30. The topological polar surface area (TPSA) is 41.6 Å². The van der Waals surface area contributed by atoms with E-state index >= 15 is 0 Å². The van der Waals surface area contributed by atoms with Crippen LogP contribution in [0.15, 0.2) is 24.3 Å². The lowest BCUT2D eigenvalue weighted by atomic mass is 10.2. The zero-order valence-corrected chi connectivity index (χ0v) is 11.0. The van der Waals surface area contributed by atoms with Gasteiger partial charge in [-0.1, -0.05) is 12.1 Å². The summed E-state index contributed by atoms with van der Waals surface area (Å²) in [4.78, 5) is 13.7. The monoisotopic (exact) mass is 248 g/mol. The van der Waals surface area contributed by atoms with E-state index in [2.05, 4.69) is 22.3 Å². The van der Waals surface area contributed by atoms with Crippen molar-refractivity contribution in [1.29, 1.82) is 0 Å². The van der Waals surface area contributed by atoms with Crippen LogP contribution >= 0.6 is 0 Å². The molecule has 1 aliphatic carbocycles. The molecule has 1 aliphatic rings. The van der Waals surface area contributed by atoms with Gasteiger partial charge in [0.2, 0.25) is 5.91 Å². The zero-order chi connectivity index (χ0) is 13.0. The van der Waals surface area contributed by atoms with Crippen LogP contribution in [0.4, 0.5) is 0 Å². The van der Waals surface area contributed by atoms with Crippen LogP contribution in [0, 0.1) is 0 Å². The smallest absolute Gasteiger partial charge is 0.233 e. The molecular weight excluding hydrogens is 228 g/mol. The van der Waals surface area contributed by atoms with Crippen LogP contribution in [0.5, 0.6) is 5.75 Å². The summed E-state index contributed by atoms with van der Waals surface area (Å²) < 4.78 is 5.14. The average molecular weight is 248 g/mol. The summed E-state index contributed by atoms with van der Waals surface area (Å²) >= 11 is 0. The molecule has 0 aromatic heterocycles. The highest BCUT2D eigenvalue weighted by molar-refractivity contribution is 5.77. The van der Waals surface area contributed by atoms with Gasteiger partial charge < -0.3 is 10.1 Å². The first-order chi connectivity index (χ1) is 8.72. The molecule has 0 heterocycles. The van der Waals surface area contributed by atoms with Crippen molar-refractivity contribution in [3.05, 3.63) is 29.8 Å². The number of carbonyl (C=O) groups excluding carboxylic acids is 1. The van der Waals surface area contributed by atoms with Gasteiger partial charge in [0.15, 0.2) is 0 Å². The maximum atomic E-state index is 11.5. The van der Waals surface area contributed by atoms with Gasteiger partial charge in [-0.3, -0.25) is 9.69 Å². The van der Waals surface area contributed by atoms with E-state index in [1.807, 2.05) is 12.1 Å². The highest BCUT2D eigenvalue weighted by Gasteiger charge is 2.29. The molecule has 18 heavy (non-hydrogen) atoms. The second kappa shape index (κ2) is 5.87. The quantitative estimate of drug-likeness (QED) is 0.827. The molecule has 4 nitrogen and oxygen atoms in total. The Labute approximate surface area is 108 Å². The van der Waals surface area contributed by atoms with Crippen molar-refractivity contribution in [3.63, 3.8) is 0 Å². The molecule has 0 atom stereocenters. The van der Waals surface area contributed by atoms with E-state index in [1.54, 1.807) is 14.2 Å². The van der Waals surface area contributed by atoms with E-state index in [9.17, 15) is 4.79 Å². The molecule has 2 rings (SSSR count). The number of hydrogen-bond donors (Lipinski definition) is 1.